The van der Waals surface area contributed by atoms with Gasteiger partial charge < -0.3 is 9.30 Å². The lowest BCUT2D eigenvalue weighted by molar-refractivity contribution is 0.0590. The van der Waals surface area contributed by atoms with Crippen LogP contribution in [0.4, 0.5) is 4.39 Å². The van der Waals surface area contributed by atoms with Crippen LogP contribution in [0.3, 0.4) is 0 Å². The molecule has 15 heavy (non-hydrogen) atoms. The minimum atomic E-state index is -0.462. The van der Waals surface area contributed by atoms with E-state index in [4.69, 9.17) is 0 Å². The second kappa shape index (κ2) is 3.34. The van der Waals surface area contributed by atoms with Gasteiger partial charge in [0.2, 0.25) is 0 Å². The molecule has 2 heterocycles. The van der Waals surface area contributed by atoms with Crippen LogP contribution in [-0.4, -0.2) is 22.6 Å². The van der Waals surface area contributed by atoms with Crippen LogP contribution in [0, 0.1) is 5.82 Å². The maximum atomic E-state index is 12.9. The van der Waals surface area contributed by atoms with E-state index in [1.807, 2.05) is 0 Å². The fraction of sp³-hybridized carbons (Fsp3) is 0.200. The fourth-order valence-corrected chi connectivity index (χ4v) is 1.48. The molecular formula is C10H9FN2O2. The third-order valence-electron chi connectivity index (χ3n) is 2.25. The van der Waals surface area contributed by atoms with Crippen molar-refractivity contribution in [3.05, 3.63) is 29.8 Å². The lowest BCUT2D eigenvalue weighted by atomic mass is 10.3. The minimum absolute atomic E-state index is 0.352. The van der Waals surface area contributed by atoms with Crippen LogP contribution in [0.15, 0.2) is 18.3 Å². The summed E-state index contributed by atoms with van der Waals surface area (Å²) in [6.45, 7) is 0. The van der Waals surface area contributed by atoms with E-state index in [0.717, 1.165) is 6.20 Å². The molecule has 0 amide bonds. The number of hydrogen-bond donors (Lipinski definition) is 0. The molecule has 5 heteroatoms. The van der Waals surface area contributed by atoms with E-state index in [-0.39, 0.29) is 0 Å². The average Bonchev–Trinajstić information content (AvgIpc) is 2.55. The van der Waals surface area contributed by atoms with Crippen molar-refractivity contribution in [2.24, 2.45) is 7.05 Å². The molecule has 0 bridgehead atoms. The monoisotopic (exact) mass is 208 g/mol. The van der Waals surface area contributed by atoms with Crippen molar-refractivity contribution < 1.29 is 13.9 Å². The van der Waals surface area contributed by atoms with Crippen molar-refractivity contribution in [1.82, 2.24) is 9.55 Å². The Kier molecular flexibility index (Phi) is 2.15. The SMILES string of the molecule is COC(=O)c1cc2ncc(F)cc2n1C. The summed E-state index contributed by atoms with van der Waals surface area (Å²) in [6.07, 6.45) is 1.11. The van der Waals surface area contributed by atoms with Gasteiger partial charge in [-0.1, -0.05) is 0 Å². The highest BCUT2D eigenvalue weighted by Gasteiger charge is 2.14. The summed E-state index contributed by atoms with van der Waals surface area (Å²) in [7, 11) is 2.96. The van der Waals surface area contributed by atoms with E-state index >= 15 is 0 Å². The molecular weight excluding hydrogens is 199 g/mol. The first-order valence-electron chi connectivity index (χ1n) is 4.33. The Morgan fingerprint density at radius 3 is 2.93 bits per heavy atom. The maximum absolute atomic E-state index is 12.9. The molecule has 0 aromatic carbocycles. The third kappa shape index (κ3) is 1.45. The largest absolute Gasteiger partial charge is 0.464 e. The molecule has 0 fully saturated rings. The van der Waals surface area contributed by atoms with Crippen molar-refractivity contribution >= 4 is 17.0 Å². The number of halogens is 1. The van der Waals surface area contributed by atoms with Gasteiger partial charge in [0.1, 0.15) is 11.5 Å². The van der Waals surface area contributed by atoms with Gasteiger partial charge in [0.05, 0.1) is 24.3 Å². The van der Waals surface area contributed by atoms with Gasteiger partial charge in [0.25, 0.3) is 0 Å². The predicted octanol–water partition coefficient (Wildman–Crippen LogP) is 1.50. The maximum Gasteiger partial charge on any atom is 0.354 e. The highest BCUT2D eigenvalue weighted by atomic mass is 19.1. The topological polar surface area (TPSA) is 44.1 Å². The Morgan fingerprint density at radius 2 is 2.27 bits per heavy atom. The first-order chi connectivity index (χ1) is 7.13. The molecule has 0 N–H and O–H groups in total. The van der Waals surface area contributed by atoms with Crippen molar-refractivity contribution in [3.8, 4) is 0 Å². The summed E-state index contributed by atoms with van der Waals surface area (Å²) < 4.78 is 19.1. The molecule has 78 valence electrons. The number of pyridine rings is 1. The summed E-state index contributed by atoms with van der Waals surface area (Å²) in [4.78, 5) is 15.2. The molecule has 2 rings (SSSR count). The zero-order chi connectivity index (χ0) is 11.0. The van der Waals surface area contributed by atoms with Crippen molar-refractivity contribution in [2.45, 2.75) is 0 Å². The number of ether oxygens (including phenoxy) is 1. The van der Waals surface area contributed by atoms with Crippen LogP contribution >= 0.6 is 0 Å². The number of fused-ring (bicyclic) bond motifs is 1. The number of aromatic nitrogens is 2. The van der Waals surface area contributed by atoms with Gasteiger partial charge in [-0.3, -0.25) is 4.98 Å². The van der Waals surface area contributed by atoms with Gasteiger partial charge >= 0.3 is 5.97 Å². The van der Waals surface area contributed by atoms with Gasteiger partial charge in [0.15, 0.2) is 0 Å². The molecule has 0 spiro atoms. The molecule has 0 saturated heterocycles. The van der Waals surface area contributed by atoms with Crippen LogP contribution in [0.2, 0.25) is 0 Å². The molecule has 0 aliphatic carbocycles. The van der Waals surface area contributed by atoms with Gasteiger partial charge in [-0.25, -0.2) is 9.18 Å². The summed E-state index contributed by atoms with van der Waals surface area (Å²) in [6, 6.07) is 2.90. The second-order valence-corrected chi connectivity index (χ2v) is 3.14. The predicted molar refractivity (Wildman–Crippen MR) is 52.0 cm³/mol. The number of rotatable bonds is 1. The highest BCUT2D eigenvalue weighted by molar-refractivity contribution is 5.94. The number of carbonyl (C=O) groups is 1. The van der Waals surface area contributed by atoms with Crippen LogP contribution in [-0.2, 0) is 11.8 Å². The number of nitrogens with zero attached hydrogens (tertiary/aromatic N) is 2. The minimum Gasteiger partial charge on any atom is -0.464 e. The summed E-state index contributed by atoms with van der Waals surface area (Å²) in [5.41, 5.74) is 1.49. The smallest absolute Gasteiger partial charge is 0.354 e. The van der Waals surface area contributed by atoms with E-state index in [1.54, 1.807) is 17.7 Å². The third-order valence-corrected chi connectivity index (χ3v) is 2.25. The lowest BCUT2D eigenvalue weighted by Gasteiger charge is -2.00. The number of carbonyl (C=O) groups excluding carboxylic acids is 1. The van der Waals surface area contributed by atoms with E-state index < -0.39 is 11.8 Å². The van der Waals surface area contributed by atoms with Gasteiger partial charge in [-0.2, -0.15) is 0 Å². The number of hydrogen-bond acceptors (Lipinski definition) is 3. The Morgan fingerprint density at radius 1 is 1.53 bits per heavy atom. The van der Waals surface area contributed by atoms with Gasteiger partial charge in [-0.15, -0.1) is 0 Å². The number of methoxy groups -OCH3 is 1. The van der Waals surface area contributed by atoms with Crippen molar-refractivity contribution in [3.63, 3.8) is 0 Å². The Hall–Kier alpha value is -1.91. The standard InChI is InChI=1S/C10H9FN2O2/c1-13-8-3-6(11)5-12-7(8)4-9(13)10(14)15-2/h3-5H,1-2H3. The van der Waals surface area contributed by atoms with E-state index in [2.05, 4.69) is 9.72 Å². The normalized spacial score (nSPS) is 10.6. The van der Waals surface area contributed by atoms with Crippen molar-refractivity contribution in [1.29, 1.82) is 0 Å². The zero-order valence-corrected chi connectivity index (χ0v) is 8.32. The molecule has 0 atom stereocenters. The van der Waals surface area contributed by atoms with Crippen LogP contribution < -0.4 is 0 Å². The summed E-state index contributed by atoms with van der Waals surface area (Å²) >= 11 is 0. The van der Waals surface area contributed by atoms with Crippen molar-refractivity contribution in [2.75, 3.05) is 7.11 Å². The lowest BCUT2D eigenvalue weighted by Crippen LogP contribution is -2.06. The summed E-state index contributed by atoms with van der Waals surface area (Å²) in [5, 5.41) is 0. The van der Waals surface area contributed by atoms with Crippen LogP contribution in [0.5, 0.6) is 0 Å². The molecule has 0 saturated carbocycles. The zero-order valence-electron chi connectivity index (χ0n) is 8.32. The number of esters is 1. The highest BCUT2D eigenvalue weighted by Crippen LogP contribution is 2.17. The molecule has 0 unspecified atom stereocenters. The molecule has 0 radical (unpaired) electrons. The quantitative estimate of drug-likeness (QED) is 0.667. The Balaban J connectivity index is 2.69. The molecule has 2 aromatic rings. The van der Waals surface area contributed by atoms with E-state index in [9.17, 15) is 9.18 Å². The second-order valence-electron chi connectivity index (χ2n) is 3.14. The number of aryl methyl sites for hydroxylation is 1. The first kappa shape index (κ1) is 9.64. The average molecular weight is 208 g/mol. The molecule has 0 aliphatic rings. The molecule has 0 aliphatic heterocycles. The van der Waals surface area contributed by atoms with Crippen LogP contribution in [0.25, 0.3) is 11.0 Å². The fourth-order valence-electron chi connectivity index (χ4n) is 1.48. The van der Waals surface area contributed by atoms with Gasteiger partial charge in [-0.05, 0) is 6.07 Å². The molecule has 2 aromatic heterocycles. The van der Waals surface area contributed by atoms with E-state index in [0.29, 0.717) is 16.7 Å². The Bertz CT molecular complexity index is 533. The molecule has 4 nitrogen and oxygen atoms in total. The first-order valence-corrected chi connectivity index (χ1v) is 4.33. The summed E-state index contributed by atoms with van der Waals surface area (Å²) in [5.74, 6) is -0.893. The van der Waals surface area contributed by atoms with Gasteiger partial charge in [0, 0.05) is 13.1 Å². The van der Waals surface area contributed by atoms with Crippen LogP contribution in [0.1, 0.15) is 10.5 Å². The Labute approximate surface area is 85.3 Å². The van der Waals surface area contributed by atoms with E-state index in [1.165, 1.54) is 13.2 Å².